The fourth-order valence-corrected chi connectivity index (χ4v) is 4.91. The van der Waals surface area contributed by atoms with E-state index in [1.165, 1.54) is 7.05 Å². The Hall–Kier alpha value is -3.49. The van der Waals surface area contributed by atoms with E-state index >= 15 is 0 Å². The van der Waals surface area contributed by atoms with E-state index in [2.05, 4.69) is 20.1 Å². The van der Waals surface area contributed by atoms with Crippen molar-refractivity contribution in [3.05, 3.63) is 84.8 Å². The van der Waals surface area contributed by atoms with Gasteiger partial charge >= 0.3 is 10.2 Å². The standard InChI is InChI=1S/C24H24F5N5O2S2/c1-30-37(35,36)14-12-32-23-9-6-20(19-4-7-21(8-5-19)38(25,26,27,28)29)15-22(23)24-10-13-34(33-24)17-18-3-2-11-31-16-18/h2-11,13,15-16,30,32H,12,14,17H2,1H3. The normalized spacial score (nSPS) is 14.1. The number of aromatic nitrogens is 3. The molecule has 0 aliphatic heterocycles. The van der Waals surface area contributed by atoms with Crippen LogP contribution in [0.1, 0.15) is 5.56 Å². The van der Waals surface area contributed by atoms with Crippen molar-refractivity contribution in [3.8, 4) is 22.4 Å². The number of nitrogens with zero attached hydrogens (tertiary/aromatic N) is 3. The molecular weight excluding hydrogens is 549 g/mol. The van der Waals surface area contributed by atoms with Gasteiger partial charge in [0.1, 0.15) is 4.90 Å². The first-order chi connectivity index (χ1) is 17.6. The van der Waals surface area contributed by atoms with Crippen LogP contribution in [0, 0.1) is 0 Å². The highest BCUT2D eigenvalue weighted by Crippen LogP contribution is 3.02. The van der Waals surface area contributed by atoms with Crippen LogP contribution in [0.15, 0.2) is 84.1 Å². The topological polar surface area (TPSA) is 88.9 Å². The third-order valence-electron chi connectivity index (χ3n) is 5.63. The van der Waals surface area contributed by atoms with Crippen molar-refractivity contribution in [2.24, 2.45) is 0 Å². The van der Waals surface area contributed by atoms with Crippen LogP contribution < -0.4 is 10.0 Å². The summed E-state index contributed by atoms with van der Waals surface area (Å²) in [5, 5.41) is 7.64. The number of pyridine rings is 1. The molecule has 4 aromatic rings. The van der Waals surface area contributed by atoms with Gasteiger partial charge in [-0.3, -0.25) is 9.67 Å². The van der Waals surface area contributed by atoms with E-state index in [0.717, 1.165) is 17.7 Å². The number of halogens is 5. The van der Waals surface area contributed by atoms with Crippen LogP contribution in [-0.2, 0) is 16.6 Å². The predicted octanol–water partition coefficient (Wildman–Crippen LogP) is 6.28. The number of hydrogen-bond donors (Lipinski definition) is 2. The highest BCUT2D eigenvalue weighted by Gasteiger charge is 2.65. The van der Waals surface area contributed by atoms with Gasteiger partial charge in [-0.1, -0.05) is 43.7 Å². The lowest BCUT2D eigenvalue weighted by Crippen LogP contribution is -2.26. The molecule has 7 nitrogen and oxygen atoms in total. The molecule has 2 aromatic heterocycles. The molecule has 0 bridgehead atoms. The summed E-state index contributed by atoms with van der Waals surface area (Å²) in [4.78, 5) is 2.11. The molecular formula is C24H24F5N5O2S2. The number of benzene rings is 2. The Kier molecular flexibility index (Phi) is 6.78. The summed E-state index contributed by atoms with van der Waals surface area (Å²) in [5.74, 6) is -0.198. The quantitative estimate of drug-likeness (QED) is 0.218. The van der Waals surface area contributed by atoms with Crippen molar-refractivity contribution in [3.63, 3.8) is 0 Å². The van der Waals surface area contributed by atoms with Crippen LogP contribution in [0.2, 0.25) is 0 Å². The zero-order valence-corrected chi connectivity index (χ0v) is 21.6. The minimum atomic E-state index is -9.79. The van der Waals surface area contributed by atoms with Gasteiger partial charge in [0.05, 0.1) is 18.0 Å². The average Bonchev–Trinajstić information content (AvgIpc) is 3.32. The SMILES string of the molecule is CNS(=O)(=O)CCNc1ccc(-c2ccc(S(F)(F)(F)(F)F)cc2)cc1-c1ccn(Cc2cccnc2)n1. The zero-order chi connectivity index (χ0) is 27.7. The summed E-state index contributed by atoms with van der Waals surface area (Å²) in [6, 6.07) is 13.0. The molecule has 0 aliphatic carbocycles. The fraction of sp³-hybridized carbons (Fsp3) is 0.167. The van der Waals surface area contributed by atoms with Crippen molar-refractivity contribution in [1.82, 2.24) is 19.5 Å². The number of nitrogens with one attached hydrogen (secondary N) is 2. The maximum atomic E-state index is 13.1. The molecule has 0 atom stereocenters. The maximum Gasteiger partial charge on any atom is 0.310 e. The molecule has 0 fully saturated rings. The van der Waals surface area contributed by atoms with E-state index in [1.807, 2.05) is 6.07 Å². The van der Waals surface area contributed by atoms with E-state index in [1.54, 1.807) is 53.6 Å². The van der Waals surface area contributed by atoms with Gasteiger partial charge in [0.15, 0.2) is 0 Å². The predicted molar refractivity (Wildman–Crippen MR) is 139 cm³/mol. The molecule has 0 unspecified atom stereocenters. The number of hydrogen-bond acceptors (Lipinski definition) is 5. The molecule has 4 rings (SSSR count). The summed E-state index contributed by atoms with van der Waals surface area (Å²) in [6.45, 7) is 0.511. The largest absolute Gasteiger partial charge is 0.383 e. The molecule has 2 aromatic carbocycles. The van der Waals surface area contributed by atoms with E-state index in [4.69, 9.17) is 0 Å². The first kappa shape index (κ1) is 27.5. The van der Waals surface area contributed by atoms with Gasteiger partial charge in [-0.05, 0) is 60.1 Å². The van der Waals surface area contributed by atoms with Crippen LogP contribution in [0.3, 0.4) is 0 Å². The van der Waals surface area contributed by atoms with Crippen LogP contribution in [0.25, 0.3) is 22.4 Å². The van der Waals surface area contributed by atoms with Gasteiger partial charge < -0.3 is 5.32 Å². The van der Waals surface area contributed by atoms with Crippen LogP contribution >= 0.6 is 10.2 Å². The first-order valence-corrected chi connectivity index (χ1v) is 14.8. The lowest BCUT2D eigenvalue weighted by atomic mass is 10.00. The summed E-state index contributed by atoms with van der Waals surface area (Å²) >= 11 is 0. The Morgan fingerprint density at radius 1 is 0.947 bits per heavy atom. The minimum Gasteiger partial charge on any atom is -0.383 e. The van der Waals surface area contributed by atoms with Crippen LogP contribution in [0.4, 0.5) is 25.1 Å². The zero-order valence-electron chi connectivity index (χ0n) is 20.0. The molecule has 0 aliphatic rings. The van der Waals surface area contributed by atoms with Crippen LogP contribution in [-0.4, -0.2) is 42.5 Å². The van der Waals surface area contributed by atoms with E-state index < -0.39 is 25.1 Å². The summed E-state index contributed by atoms with van der Waals surface area (Å²) in [7, 11) is -11.9. The summed E-state index contributed by atoms with van der Waals surface area (Å²) in [5.41, 5.74) is 3.26. The van der Waals surface area contributed by atoms with Gasteiger partial charge in [-0.25, -0.2) is 13.1 Å². The van der Waals surface area contributed by atoms with Gasteiger partial charge in [-0.2, -0.15) is 5.10 Å². The average molecular weight is 574 g/mol. The molecule has 0 spiro atoms. The molecule has 0 saturated carbocycles. The lowest BCUT2D eigenvalue weighted by molar-refractivity contribution is 0.364. The molecule has 14 heteroatoms. The fourth-order valence-electron chi connectivity index (χ4n) is 3.69. The molecule has 38 heavy (non-hydrogen) atoms. The molecule has 0 amide bonds. The van der Waals surface area contributed by atoms with Crippen molar-refractivity contribution < 1.29 is 27.8 Å². The highest BCUT2D eigenvalue weighted by atomic mass is 32.5. The Morgan fingerprint density at radius 2 is 1.66 bits per heavy atom. The molecule has 204 valence electrons. The highest BCUT2D eigenvalue weighted by molar-refractivity contribution is 8.45. The monoisotopic (exact) mass is 573 g/mol. The Balaban J connectivity index is 1.68. The molecule has 2 heterocycles. The maximum absolute atomic E-state index is 13.1. The minimum absolute atomic E-state index is 0.0739. The first-order valence-electron chi connectivity index (χ1n) is 11.2. The summed E-state index contributed by atoms with van der Waals surface area (Å²) < 4.78 is 93.2. The lowest BCUT2D eigenvalue weighted by Gasteiger charge is -2.40. The van der Waals surface area contributed by atoms with Crippen molar-refractivity contribution in [1.29, 1.82) is 0 Å². The van der Waals surface area contributed by atoms with Gasteiger partial charge in [0.25, 0.3) is 0 Å². The number of anilines is 1. The van der Waals surface area contributed by atoms with E-state index in [0.29, 0.717) is 41.2 Å². The smallest absolute Gasteiger partial charge is 0.310 e. The Morgan fingerprint density at radius 3 is 2.29 bits per heavy atom. The number of sulfonamides is 1. The summed E-state index contributed by atoms with van der Waals surface area (Å²) in [6.07, 6.45) is 5.10. The molecule has 0 saturated heterocycles. The Bertz CT molecular complexity index is 1540. The second kappa shape index (κ2) is 9.36. The van der Waals surface area contributed by atoms with E-state index in [-0.39, 0.29) is 17.9 Å². The van der Waals surface area contributed by atoms with Gasteiger partial charge in [-0.15, -0.1) is 0 Å². The van der Waals surface area contributed by atoms with Crippen LogP contribution in [0.5, 0.6) is 0 Å². The second-order valence-corrected chi connectivity index (χ2v) is 12.9. The second-order valence-electron chi connectivity index (χ2n) is 8.46. The van der Waals surface area contributed by atoms with Crippen molar-refractivity contribution in [2.45, 2.75) is 11.4 Å². The van der Waals surface area contributed by atoms with Gasteiger partial charge in [0.2, 0.25) is 10.0 Å². The van der Waals surface area contributed by atoms with Crippen molar-refractivity contribution in [2.75, 3.05) is 24.7 Å². The van der Waals surface area contributed by atoms with Crippen molar-refractivity contribution >= 4 is 25.9 Å². The molecule has 2 N–H and O–H groups in total. The van der Waals surface area contributed by atoms with Gasteiger partial charge in [0, 0.05) is 36.4 Å². The third kappa shape index (κ3) is 6.88. The number of rotatable bonds is 10. The molecule has 0 radical (unpaired) electrons. The third-order valence-corrected chi connectivity index (χ3v) is 8.16. The van der Waals surface area contributed by atoms with E-state index in [9.17, 15) is 27.8 Å². The Labute approximate surface area is 216 Å².